The fourth-order valence-electron chi connectivity index (χ4n) is 1.71. The maximum absolute atomic E-state index is 12.1. The Kier molecular flexibility index (Phi) is 5.03. The van der Waals surface area contributed by atoms with E-state index in [-0.39, 0.29) is 16.3 Å². The predicted octanol–water partition coefficient (Wildman–Crippen LogP) is 1.57. The van der Waals surface area contributed by atoms with Gasteiger partial charge in [-0.15, -0.1) is 0 Å². The Morgan fingerprint density at radius 2 is 1.59 bits per heavy atom. The molecule has 0 aromatic heterocycles. The number of hydrogen-bond acceptors (Lipinski definition) is 4. The number of benzene rings is 2. The summed E-state index contributed by atoms with van der Waals surface area (Å²) in [6.45, 7) is -0.0399. The minimum absolute atomic E-state index is 0.0399. The molecule has 22 heavy (non-hydrogen) atoms. The van der Waals surface area contributed by atoms with Gasteiger partial charge in [0.15, 0.2) is 0 Å². The highest BCUT2D eigenvalue weighted by Gasteiger charge is 2.14. The number of rotatable bonds is 5. The normalized spacial score (nSPS) is 12.3. The van der Waals surface area contributed by atoms with Gasteiger partial charge in [-0.1, -0.05) is 28.1 Å². The number of nitrogens with two attached hydrogens (primary N) is 1. The summed E-state index contributed by atoms with van der Waals surface area (Å²) in [5.41, 5.74) is 0.493. The highest BCUT2D eigenvalue weighted by molar-refractivity contribution is 9.10. The highest BCUT2D eigenvalue weighted by atomic mass is 79.9. The Morgan fingerprint density at radius 1 is 0.955 bits per heavy atom. The standard InChI is InChI=1S/C13H13BrN2O4S2/c14-11-4-6-12(7-5-11)22(19,20)16-9-10-2-1-3-13(8-10)21(15,17)18/h1-8,16H,9H2,(H2,15,17,18). The lowest BCUT2D eigenvalue weighted by molar-refractivity contribution is 0.581. The van der Waals surface area contributed by atoms with Gasteiger partial charge in [0.1, 0.15) is 0 Å². The van der Waals surface area contributed by atoms with Crippen LogP contribution in [0.1, 0.15) is 5.56 Å². The van der Waals surface area contributed by atoms with E-state index >= 15 is 0 Å². The second kappa shape index (κ2) is 6.47. The third-order valence-corrected chi connectivity index (χ3v) is 5.67. The van der Waals surface area contributed by atoms with Gasteiger partial charge in [0.05, 0.1) is 9.79 Å². The van der Waals surface area contributed by atoms with Crippen LogP contribution in [-0.2, 0) is 26.6 Å². The third kappa shape index (κ3) is 4.37. The summed E-state index contributed by atoms with van der Waals surface area (Å²) in [4.78, 5) is 0.0612. The van der Waals surface area contributed by atoms with Crippen LogP contribution in [0.25, 0.3) is 0 Å². The Bertz CT molecular complexity index is 879. The van der Waals surface area contributed by atoms with Crippen LogP contribution in [-0.4, -0.2) is 16.8 Å². The molecule has 6 nitrogen and oxygen atoms in total. The summed E-state index contributed by atoms with van der Waals surface area (Å²) >= 11 is 3.23. The first kappa shape index (κ1) is 17.1. The molecule has 3 N–H and O–H groups in total. The molecule has 0 aliphatic carbocycles. The number of hydrogen-bond donors (Lipinski definition) is 2. The monoisotopic (exact) mass is 404 g/mol. The van der Waals surface area contributed by atoms with E-state index in [1.807, 2.05) is 0 Å². The van der Waals surface area contributed by atoms with E-state index in [1.54, 1.807) is 18.2 Å². The van der Waals surface area contributed by atoms with Crippen LogP contribution in [0.15, 0.2) is 62.8 Å². The van der Waals surface area contributed by atoms with Gasteiger partial charge in [-0.2, -0.15) is 0 Å². The molecule has 2 rings (SSSR count). The van der Waals surface area contributed by atoms with Crippen molar-refractivity contribution in [3.8, 4) is 0 Å². The smallest absolute Gasteiger partial charge is 0.225 e. The van der Waals surface area contributed by atoms with Gasteiger partial charge in [-0.3, -0.25) is 0 Å². The van der Waals surface area contributed by atoms with Gasteiger partial charge in [0, 0.05) is 11.0 Å². The first-order chi connectivity index (χ1) is 10.2. The van der Waals surface area contributed by atoms with Gasteiger partial charge in [0.2, 0.25) is 20.0 Å². The van der Waals surface area contributed by atoms with Crippen molar-refractivity contribution in [1.82, 2.24) is 4.72 Å². The molecule has 0 atom stereocenters. The molecule has 0 aliphatic rings. The van der Waals surface area contributed by atoms with Crippen molar-refractivity contribution in [2.45, 2.75) is 16.3 Å². The van der Waals surface area contributed by atoms with Crippen molar-refractivity contribution in [3.05, 3.63) is 58.6 Å². The van der Waals surface area contributed by atoms with Crippen LogP contribution in [0.3, 0.4) is 0 Å². The van der Waals surface area contributed by atoms with Crippen molar-refractivity contribution < 1.29 is 16.8 Å². The average Bonchev–Trinajstić information content (AvgIpc) is 2.45. The summed E-state index contributed by atoms with van der Waals surface area (Å²) in [5.74, 6) is 0. The van der Waals surface area contributed by atoms with Crippen LogP contribution >= 0.6 is 15.9 Å². The molecule has 0 fully saturated rings. The summed E-state index contributed by atoms with van der Waals surface area (Å²) in [5, 5.41) is 5.04. The lowest BCUT2D eigenvalue weighted by atomic mass is 10.2. The number of sulfonamides is 2. The summed E-state index contributed by atoms with van der Waals surface area (Å²) in [6, 6.07) is 12.0. The van der Waals surface area contributed by atoms with E-state index in [2.05, 4.69) is 20.7 Å². The van der Waals surface area contributed by atoms with Crippen LogP contribution in [0.5, 0.6) is 0 Å². The van der Waals surface area contributed by atoms with E-state index < -0.39 is 20.0 Å². The minimum Gasteiger partial charge on any atom is -0.225 e. The molecule has 0 spiro atoms. The van der Waals surface area contributed by atoms with Gasteiger partial charge in [-0.05, 0) is 42.0 Å². The zero-order valence-corrected chi connectivity index (χ0v) is 14.4. The summed E-state index contributed by atoms with van der Waals surface area (Å²) in [7, 11) is -7.49. The molecule has 9 heteroatoms. The molecular formula is C13H13BrN2O4S2. The molecule has 118 valence electrons. The first-order valence-corrected chi connectivity index (χ1v) is 9.88. The van der Waals surface area contributed by atoms with E-state index in [0.29, 0.717) is 5.56 Å². The number of nitrogens with one attached hydrogen (secondary N) is 1. The van der Waals surface area contributed by atoms with Crippen LogP contribution in [0, 0.1) is 0 Å². The molecule has 0 amide bonds. The molecule has 0 bridgehead atoms. The van der Waals surface area contributed by atoms with Gasteiger partial charge in [0.25, 0.3) is 0 Å². The van der Waals surface area contributed by atoms with E-state index in [0.717, 1.165) is 4.47 Å². The van der Waals surface area contributed by atoms with Crippen LogP contribution in [0.2, 0.25) is 0 Å². The predicted molar refractivity (Wildman–Crippen MR) is 86.0 cm³/mol. The molecule has 0 saturated heterocycles. The summed E-state index contributed by atoms with van der Waals surface area (Å²) < 4.78 is 50.0. The van der Waals surface area contributed by atoms with Crippen molar-refractivity contribution in [1.29, 1.82) is 0 Å². The Morgan fingerprint density at radius 3 is 2.18 bits per heavy atom. The molecule has 0 radical (unpaired) electrons. The quantitative estimate of drug-likeness (QED) is 0.788. The molecule has 2 aromatic carbocycles. The first-order valence-electron chi connectivity index (χ1n) is 6.05. The maximum atomic E-state index is 12.1. The molecule has 2 aromatic rings. The fourth-order valence-corrected chi connectivity index (χ4v) is 3.57. The summed E-state index contributed by atoms with van der Waals surface area (Å²) in [6.07, 6.45) is 0. The number of primary sulfonamides is 1. The topological polar surface area (TPSA) is 106 Å². The molecular weight excluding hydrogens is 392 g/mol. The molecule has 0 heterocycles. The second-order valence-electron chi connectivity index (χ2n) is 4.47. The highest BCUT2D eigenvalue weighted by Crippen LogP contribution is 2.15. The van der Waals surface area contributed by atoms with E-state index in [1.165, 1.54) is 30.3 Å². The van der Waals surface area contributed by atoms with E-state index in [4.69, 9.17) is 5.14 Å². The Hall–Kier alpha value is -1.26. The zero-order chi connectivity index (χ0) is 16.4. The molecule has 0 aliphatic heterocycles. The molecule has 0 saturated carbocycles. The van der Waals surface area contributed by atoms with Crippen molar-refractivity contribution in [2.24, 2.45) is 5.14 Å². The van der Waals surface area contributed by atoms with Gasteiger partial charge >= 0.3 is 0 Å². The van der Waals surface area contributed by atoms with Crippen molar-refractivity contribution >= 4 is 36.0 Å². The number of halogens is 1. The van der Waals surface area contributed by atoms with Crippen molar-refractivity contribution in [2.75, 3.05) is 0 Å². The van der Waals surface area contributed by atoms with Gasteiger partial charge in [-0.25, -0.2) is 26.7 Å². The average molecular weight is 405 g/mol. The Labute approximate surface area is 137 Å². The van der Waals surface area contributed by atoms with Gasteiger partial charge < -0.3 is 0 Å². The third-order valence-electron chi connectivity index (χ3n) is 2.82. The lowest BCUT2D eigenvalue weighted by Crippen LogP contribution is -2.23. The SMILES string of the molecule is NS(=O)(=O)c1cccc(CNS(=O)(=O)c2ccc(Br)cc2)c1. The maximum Gasteiger partial charge on any atom is 0.240 e. The molecule has 0 unspecified atom stereocenters. The minimum atomic E-state index is -3.82. The Balaban J connectivity index is 2.17. The zero-order valence-electron chi connectivity index (χ0n) is 11.2. The van der Waals surface area contributed by atoms with Crippen LogP contribution in [0.4, 0.5) is 0 Å². The fraction of sp³-hybridized carbons (Fsp3) is 0.0769. The second-order valence-corrected chi connectivity index (χ2v) is 8.71. The van der Waals surface area contributed by atoms with E-state index in [9.17, 15) is 16.8 Å². The largest absolute Gasteiger partial charge is 0.240 e. The lowest BCUT2D eigenvalue weighted by Gasteiger charge is -2.08. The van der Waals surface area contributed by atoms with Crippen LogP contribution < -0.4 is 9.86 Å². The van der Waals surface area contributed by atoms with Crippen molar-refractivity contribution in [3.63, 3.8) is 0 Å².